The van der Waals surface area contributed by atoms with Crippen LogP contribution in [0.5, 0.6) is 0 Å². The minimum Gasteiger partial charge on any atom is -0.478 e. The summed E-state index contributed by atoms with van der Waals surface area (Å²) >= 11 is 7.07. The number of nitrogens with zero attached hydrogens (tertiary/aromatic N) is 3. The van der Waals surface area contributed by atoms with Gasteiger partial charge in [-0.1, -0.05) is 53.7 Å². The normalized spacial score (nSPS) is 11.2. The molecule has 8 nitrogen and oxygen atoms in total. The Balaban J connectivity index is 1.95. The lowest BCUT2D eigenvalue weighted by Gasteiger charge is -2.16. The fourth-order valence-electron chi connectivity index (χ4n) is 2.99. The third-order valence-corrected chi connectivity index (χ3v) is 6.02. The van der Waals surface area contributed by atoms with Crippen molar-refractivity contribution in [3.8, 4) is 23.3 Å². The van der Waals surface area contributed by atoms with Gasteiger partial charge in [0.05, 0.1) is 27.1 Å². The van der Waals surface area contributed by atoms with Crippen molar-refractivity contribution in [2.45, 2.75) is 17.2 Å². The average Bonchev–Trinajstić information content (AvgIpc) is 2.80. The van der Waals surface area contributed by atoms with Crippen LogP contribution in [0.4, 0.5) is 11.5 Å². The first-order chi connectivity index (χ1) is 15.8. The highest BCUT2D eigenvalue weighted by atomic mass is 35.5. The van der Waals surface area contributed by atoms with E-state index < -0.39 is 17.1 Å². The number of carbonyl (C=O) groups is 2. The zero-order chi connectivity index (χ0) is 24.1. The molecule has 2 aromatic carbocycles. The number of carboxylic acid groups (broad SMARTS) is 1. The van der Waals surface area contributed by atoms with Gasteiger partial charge in [0, 0.05) is 5.56 Å². The third-order valence-electron chi connectivity index (χ3n) is 4.61. The molecule has 1 atom stereocenters. The Labute approximate surface area is 198 Å². The number of halogens is 1. The molecule has 3 aromatic rings. The lowest BCUT2D eigenvalue weighted by Crippen LogP contribution is -2.23. The Hall–Kier alpha value is -4.05. The largest absolute Gasteiger partial charge is 0.478 e. The van der Waals surface area contributed by atoms with E-state index in [1.54, 1.807) is 37.3 Å². The molecule has 0 spiro atoms. The number of aromatic carboxylic acids is 1. The Morgan fingerprint density at radius 2 is 1.82 bits per heavy atom. The third kappa shape index (κ3) is 5.07. The van der Waals surface area contributed by atoms with E-state index in [-0.39, 0.29) is 38.2 Å². The van der Waals surface area contributed by atoms with E-state index in [2.05, 4.69) is 16.4 Å². The summed E-state index contributed by atoms with van der Waals surface area (Å²) in [5, 5.41) is 30.8. The van der Waals surface area contributed by atoms with Gasteiger partial charge in [-0.2, -0.15) is 10.5 Å². The molecular weight excluding hydrogens is 462 g/mol. The van der Waals surface area contributed by atoms with Crippen LogP contribution in [0.15, 0.2) is 53.6 Å². The zero-order valence-corrected chi connectivity index (χ0v) is 18.7. The highest BCUT2D eigenvalue weighted by Crippen LogP contribution is 2.37. The molecule has 1 aromatic heterocycles. The van der Waals surface area contributed by atoms with Crippen LogP contribution in [-0.2, 0) is 4.79 Å². The first-order valence-corrected chi connectivity index (χ1v) is 10.7. The van der Waals surface area contributed by atoms with Crippen molar-refractivity contribution in [2.24, 2.45) is 0 Å². The number of anilines is 2. The lowest BCUT2D eigenvalue weighted by molar-refractivity contribution is -0.115. The second-order valence-electron chi connectivity index (χ2n) is 6.77. The van der Waals surface area contributed by atoms with E-state index in [0.717, 1.165) is 11.8 Å². The van der Waals surface area contributed by atoms with Gasteiger partial charge < -0.3 is 16.2 Å². The minimum absolute atomic E-state index is 0.0317. The van der Waals surface area contributed by atoms with Crippen molar-refractivity contribution in [3.63, 3.8) is 0 Å². The Morgan fingerprint density at radius 1 is 1.15 bits per heavy atom. The standard InChI is InChI=1S/C23H16ClN5O3S/c1-12(21(30)28-18-9-14(23(31)32)7-8-17(18)24)33-22-16(11-26)19(13-5-3-2-4-6-13)15(10-25)20(27)29-22/h2-9,12H,1H3,(H2,27,29)(H,28,30)(H,31,32). The van der Waals surface area contributed by atoms with E-state index in [9.17, 15) is 20.1 Å². The Morgan fingerprint density at radius 3 is 2.42 bits per heavy atom. The number of pyridine rings is 1. The highest BCUT2D eigenvalue weighted by molar-refractivity contribution is 8.00. The second kappa shape index (κ2) is 10.0. The van der Waals surface area contributed by atoms with Crippen LogP contribution >= 0.6 is 23.4 Å². The van der Waals surface area contributed by atoms with Gasteiger partial charge in [0.25, 0.3) is 0 Å². The number of rotatable bonds is 6. The van der Waals surface area contributed by atoms with Crippen LogP contribution in [0.1, 0.15) is 28.4 Å². The zero-order valence-electron chi connectivity index (χ0n) is 17.2. The molecule has 10 heteroatoms. The molecule has 0 bridgehead atoms. The number of thioether (sulfide) groups is 1. The van der Waals surface area contributed by atoms with Crippen molar-refractivity contribution in [1.82, 2.24) is 4.98 Å². The number of nitriles is 2. The fraction of sp³-hybridized carbons (Fsp3) is 0.0870. The molecular formula is C23H16ClN5O3S. The number of nitrogen functional groups attached to an aromatic ring is 1. The van der Waals surface area contributed by atoms with E-state index in [1.165, 1.54) is 18.2 Å². The summed E-state index contributed by atoms with van der Waals surface area (Å²) in [5.41, 5.74) is 7.29. The molecule has 164 valence electrons. The maximum absolute atomic E-state index is 12.8. The van der Waals surface area contributed by atoms with E-state index in [1.807, 2.05) is 6.07 Å². The number of carbonyl (C=O) groups excluding carboxylic acids is 1. The van der Waals surface area contributed by atoms with Crippen molar-refractivity contribution in [2.75, 3.05) is 11.1 Å². The second-order valence-corrected chi connectivity index (χ2v) is 8.50. The monoisotopic (exact) mass is 477 g/mol. The number of nitrogens with one attached hydrogen (secondary N) is 1. The summed E-state index contributed by atoms with van der Waals surface area (Å²) in [6.07, 6.45) is 0. The van der Waals surface area contributed by atoms with Gasteiger partial charge in [0.1, 0.15) is 28.5 Å². The van der Waals surface area contributed by atoms with Crippen LogP contribution in [0.25, 0.3) is 11.1 Å². The molecule has 0 aliphatic carbocycles. The minimum atomic E-state index is -1.16. The van der Waals surface area contributed by atoms with Crippen LogP contribution in [0.3, 0.4) is 0 Å². The van der Waals surface area contributed by atoms with Gasteiger partial charge in [-0.05, 0) is 30.7 Å². The van der Waals surface area contributed by atoms with Gasteiger partial charge in [-0.3, -0.25) is 4.79 Å². The molecule has 0 saturated heterocycles. The van der Waals surface area contributed by atoms with Crippen molar-refractivity contribution < 1.29 is 14.7 Å². The molecule has 1 unspecified atom stereocenters. The molecule has 4 N–H and O–H groups in total. The molecule has 33 heavy (non-hydrogen) atoms. The van der Waals surface area contributed by atoms with Gasteiger partial charge in [0.15, 0.2) is 0 Å². The highest BCUT2D eigenvalue weighted by Gasteiger charge is 2.24. The summed E-state index contributed by atoms with van der Waals surface area (Å²) in [4.78, 5) is 28.2. The van der Waals surface area contributed by atoms with Gasteiger partial charge in [-0.25, -0.2) is 9.78 Å². The van der Waals surface area contributed by atoms with Crippen molar-refractivity contribution in [3.05, 3.63) is 70.2 Å². The van der Waals surface area contributed by atoms with Crippen LogP contribution in [0.2, 0.25) is 5.02 Å². The van der Waals surface area contributed by atoms with Crippen LogP contribution in [0, 0.1) is 22.7 Å². The Kier molecular flexibility index (Phi) is 7.19. The summed E-state index contributed by atoms with van der Waals surface area (Å²) in [5.74, 6) is -1.70. The van der Waals surface area contributed by atoms with E-state index in [4.69, 9.17) is 22.4 Å². The SMILES string of the molecule is CC(Sc1nc(N)c(C#N)c(-c2ccccc2)c1C#N)C(=O)Nc1cc(C(=O)O)ccc1Cl. The number of benzene rings is 2. The van der Waals surface area contributed by atoms with Crippen LogP contribution < -0.4 is 11.1 Å². The van der Waals surface area contributed by atoms with Gasteiger partial charge in [0.2, 0.25) is 5.91 Å². The first-order valence-electron chi connectivity index (χ1n) is 9.46. The maximum Gasteiger partial charge on any atom is 0.335 e. The predicted molar refractivity (Wildman–Crippen MR) is 126 cm³/mol. The first kappa shape index (κ1) is 23.6. The average molecular weight is 478 g/mol. The fourth-order valence-corrected chi connectivity index (χ4v) is 4.07. The smallest absolute Gasteiger partial charge is 0.335 e. The predicted octanol–water partition coefficient (Wildman–Crippen LogP) is 4.55. The topological polar surface area (TPSA) is 153 Å². The number of hydrogen-bond acceptors (Lipinski definition) is 7. The molecule has 0 aliphatic heterocycles. The molecule has 1 heterocycles. The maximum atomic E-state index is 12.8. The molecule has 3 rings (SSSR count). The van der Waals surface area contributed by atoms with Crippen molar-refractivity contribution in [1.29, 1.82) is 10.5 Å². The molecule has 0 fully saturated rings. The number of nitrogens with two attached hydrogens (primary N) is 1. The van der Waals surface area contributed by atoms with Gasteiger partial charge >= 0.3 is 5.97 Å². The summed E-state index contributed by atoms with van der Waals surface area (Å²) in [6.45, 7) is 1.59. The molecule has 0 radical (unpaired) electrons. The quantitative estimate of drug-likeness (QED) is 0.437. The van der Waals surface area contributed by atoms with E-state index >= 15 is 0 Å². The molecule has 0 saturated carbocycles. The Bertz CT molecular complexity index is 1330. The summed E-state index contributed by atoms with van der Waals surface area (Å²) < 4.78 is 0. The summed E-state index contributed by atoms with van der Waals surface area (Å²) in [7, 11) is 0. The number of amides is 1. The van der Waals surface area contributed by atoms with Crippen LogP contribution in [-0.4, -0.2) is 27.2 Å². The molecule has 0 aliphatic rings. The lowest BCUT2D eigenvalue weighted by atomic mass is 9.97. The number of carboxylic acids is 1. The van der Waals surface area contributed by atoms with Gasteiger partial charge in [-0.15, -0.1) is 0 Å². The molecule has 1 amide bonds. The number of aromatic nitrogens is 1. The van der Waals surface area contributed by atoms with E-state index in [0.29, 0.717) is 11.1 Å². The van der Waals surface area contributed by atoms with Crippen molar-refractivity contribution >= 4 is 46.7 Å². The number of hydrogen-bond donors (Lipinski definition) is 3. The summed E-state index contributed by atoms with van der Waals surface area (Å²) in [6, 6.07) is 16.9.